The summed E-state index contributed by atoms with van der Waals surface area (Å²) in [6.07, 6.45) is 0.491. The van der Waals surface area contributed by atoms with Gasteiger partial charge in [-0.1, -0.05) is 0 Å². The van der Waals surface area contributed by atoms with Crippen LogP contribution in [0.4, 0.5) is 4.39 Å². The fourth-order valence-corrected chi connectivity index (χ4v) is 4.71. The highest BCUT2D eigenvalue weighted by atomic mass is 32.2. The monoisotopic (exact) mass is 422 g/mol. The summed E-state index contributed by atoms with van der Waals surface area (Å²) >= 11 is 0. The van der Waals surface area contributed by atoms with Gasteiger partial charge in [-0.25, -0.2) is 12.8 Å². The molecular formula is C20H23FN2O5S. The van der Waals surface area contributed by atoms with Gasteiger partial charge in [-0.3, -0.25) is 4.79 Å². The molecule has 0 N–H and O–H groups in total. The summed E-state index contributed by atoms with van der Waals surface area (Å²) in [7, 11) is -0.744. The van der Waals surface area contributed by atoms with Gasteiger partial charge < -0.3 is 14.4 Å². The molecule has 0 spiro atoms. The van der Waals surface area contributed by atoms with Crippen LogP contribution < -0.4 is 9.47 Å². The Balaban J connectivity index is 1.76. The van der Waals surface area contributed by atoms with E-state index in [0.29, 0.717) is 30.0 Å². The molecule has 0 unspecified atom stereocenters. The summed E-state index contributed by atoms with van der Waals surface area (Å²) in [5.41, 5.74) is 0.392. The third-order valence-corrected chi connectivity index (χ3v) is 6.75. The van der Waals surface area contributed by atoms with Crippen molar-refractivity contribution in [2.75, 3.05) is 40.4 Å². The molecule has 0 atom stereocenters. The van der Waals surface area contributed by atoms with Gasteiger partial charge in [0.2, 0.25) is 10.0 Å². The van der Waals surface area contributed by atoms with Gasteiger partial charge in [0.1, 0.15) is 17.3 Å². The molecule has 0 aromatic heterocycles. The Hall–Kier alpha value is -2.65. The molecule has 2 aromatic rings. The van der Waals surface area contributed by atoms with E-state index in [1.165, 1.54) is 30.7 Å². The third-order valence-electron chi connectivity index (χ3n) is 4.83. The third kappa shape index (κ3) is 4.51. The maximum atomic E-state index is 13.1. The van der Waals surface area contributed by atoms with E-state index in [2.05, 4.69) is 0 Å². The number of benzene rings is 2. The van der Waals surface area contributed by atoms with Crippen LogP contribution in [0.15, 0.2) is 47.4 Å². The minimum absolute atomic E-state index is 0.0375. The summed E-state index contributed by atoms with van der Waals surface area (Å²) in [4.78, 5) is 14.6. The lowest BCUT2D eigenvalue weighted by molar-refractivity contribution is 0.0761. The summed E-state index contributed by atoms with van der Waals surface area (Å²) in [5, 5.41) is 0. The Morgan fingerprint density at radius 3 is 2.34 bits per heavy atom. The Labute approximate surface area is 169 Å². The summed E-state index contributed by atoms with van der Waals surface area (Å²) in [6, 6.07) is 9.70. The highest BCUT2D eigenvalue weighted by Gasteiger charge is 2.29. The normalized spacial score (nSPS) is 15.6. The van der Waals surface area contributed by atoms with Crippen molar-refractivity contribution in [3.05, 3.63) is 53.8 Å². The molecule has 7 nitrogen and oxygen atoms in total. The van der Waals surface area contributed by atoms with Crippen LogP contribution in [0, 0.1) is 5.82 Å². The SMILES string of the molecule is COc1ccc(C(=O)N2CCCN(S(=O)(=O)c3ccc(F)cc3)CC2)c(OC)c1. The van der Waals surface area contributed by atoms with Gasteiger partial charge in [-0.05, 0) is 42.8 Å². The van der Waals surface area contributed by atoms with E-state index in [1.54, 1.807) is 23.1 Å². The van der Waals surface area contributed by atoms with Crippen LogP contribution in [0.2, 0.25) is 0 Å². The largest absolute Gasteiger partial charge is 0.497 e. The van der Waals surface area contributed by atoms with Gasteiger partial charge in [0.25, 0.3) is 5.91 Å². The minimum Gasteiger partial charge on any atom is -0.497 e. The standard InChI is InChI=1S/C20H23FN2O5S/c1-27-16-6-9-18(19(14-16)28-2)20(24)22-10-3-11-23(13-12-22)29(25,26)17-7-4-15(21)5-8-17/h4-9,14H,3,10-13H2,1-2H3. The number of hydrogen-bond acceptors (Lipinski definition) is 5. The number of halogens is 1. The first-order chi connectivity index (χ1) is 13.9. The summed E-state index contributed by atoms with van der Waals surface area (Å²) in [6.45, 7) is 1.10. The van der Waals surface area contributed by atoms with Gasteiger partial charge in [-0.2, -0.15) is 4.31 Å². The quantitative estimate of drug-likeness (QED) is 0.740. The Kier molecular flexibility index (Phi) is 6.39. The van der Waals surface area contributed by atoms with E-state index in [1.807, 2.05) is 0 Å². The predicted molar refractivity (Wildman–Crippen MR) is 105 cm³/mol. The minimum atomic E-state index is -3.75. The lowest BCUT2D eigenvalue weighted by Gasteiger charge is -2.23. The molecule has 1 amide bonds. The molecular weight excluding hydrogens is 399 g/mol. The molecule has 1 heterocycles. The Morgan fingerprint density at radius 2 is 1.69 bits per heavy atom. The second kappa shape index (κ2) is 8.79. The average molecular weight is 422 g/mol. The van der Waals surface area contributed by atoms with Crippen LogP contribution in [-0.2, 0) is 10.0 Å². The number of sulfonamides is 1. The second-order valence-electron chi connectivity index (χ2n) is 6.57. The fraction of sp³-hybridized carbons (Fsp3) is 0.350. The second-order valence-corrected chi connectivity index (χ2v) is 8.51. The number of carbonyl (C=O) groups excluding carboxylic acids is 1. The van der Waals surface area contributed by atoms with Crippen LogP contribution in [0.5, 0.6) is 11.5 Å². The van der Waals surface area contributed by atoms with Gasteiger partial charge >= 0.3 is 0 Å². The number of hydrogen-bond donors (Lipinski definition) is 0. The molecule has 3 rings (SSSR count). The highest BCUT2D eigenvalue weighted by molar-refractivity contribution is 7.89. The molecule has 156 valence electrons. The van der Waals surface area contributed by atoms with Crippen LogP contribution in [-0.4, -0.2) is 63.9 Å². The maximum Gasteiger partial charge on any atom is 0.257 e. The van der Waals surface area contributed by atoms with Gasteiger partial charge in [0.05, 0.1) is 24.7 Å². The molecule has 1 aliphatic rings. The average Bonchev–Trinajstić information content (AvgIpc) is 3.00. The lowest BCUT2D eigenvalue weighted by Crippen LogP contribution is -2.37. The van der Waals surface area contributed by atoms with Crippen molar-refractivity contribution in [3.8, 4) is 11.5 Å². The molecule has 1 fully saturated rings. The van der Waals surface area contributed by atoms with Crippen molar-refractivity contribution in [2.24, 2.45) is 0 Å². The first-order valence-corrected chi connectivity index (χ1v) is 10.6. The van der Waals surface area contributed by atoms with E-state index < -0.39 is 15.8 Å². The zero-order chi connectivity index (χ0) is 21.0. The first-order valence-electron chi connectivity index (χ1n) is 9.14. The number of carbonyl (C=O) groups is 1. The first kappa shape index (κ1) is 21.1. The van der Waals surface area contributed by atoms with Crippen molar-refractivity contribution >= 4 is 15.9 Å². The number of rotatable bonds is 5. The molecule has 0 aliphatic carbocycles. The molecule has 0 bridgehead atoms. The van der Waals surface area contributed by atoms with Gasteiger partial charge in [0.15, 0.2) is 0 Å². The lowest BCUT2D eigenvalue weighted by atomic mass is 10.1. The highest BCUT2D eigenvalue weighted by Crippen LogP contribution is 2.26. The van der Waals surface area contributed by atoms with E-state index in [9.17, 15) is 17.6 Å². The van der Waals surface area contributed by atoms with Crippen LogP contribution in [0.3, 0.4) is 0 Å². The molecule has 0 radical (unpaired) electrons. The van der Waals surface area contributed by atoms with Crippen LogP contribution in [0.1, 0.15) is 16.8 Å². The van der Waals surface area contributed by atoms with Gasteiger partial charge in [-0.15, -0.1) is 0 Å². The maximum absolute atomic E-state index is 13.1. The van der Waals surface area contributed by atoms with E-state index in [0.717, 1.165) is 12.1 Å². The predicted octanol–water partition coefficient (Wildman–Crippen LogP) is 2.38. The molecule has 2 aromatic carbocycles. The summed E-state index contributed by atoms with van der Waals surface area (Å²) in [5.74, 6) is 0.246. The Bertz CT molecular complexity index is 979. The van der Waals surface area contributed by atoms with E-state index in [-0.39, 0.29) is 30.4 Å². The van der Waals surface area contributed by atoms with Crippen LogP contribution in [0.25, 0.3) is 0 Å². The fourth-order valence-electron chi connectivity index (χ4n) is 3.24. The van der Waals surface area contributed by atoms with Gasteiger partial charge in [0, 0.05) is 32.2 Å². The topological polar surface area (TPSA) is 76.2 Å². The number of amides is 1. The molecule has 1 aliphatic heterocycles. The van der Waals surface area contributed by atoms with Crippen molar-refractivity contribution in [1.29, 1.82) is 0 Å². The molecule has 1 saturated heterocycles. The smallest absolute Gasteiger partial charge is 0.257 e. The number of nitrogens with zero attached hydrogens (tertiary/aromatic N) is 2. The van der Waals surface area contributed by atoms with Crippen molar-refractivity contribution < 1.29 is 27.1 Å². The van der Waals surface area contributed by atoms with Crippen molar-refractivity contribution in [2.45, 2.75) is 11.3 Å². The summed E-state index contributed by atoms with van der Waals surface area (Å²) < 4.78 is 50.6. The molecule has 9 heteroatoms. The zero-order valence-electron chi connectivity index (χ0n) is 16.3. The van der Waals surface area contributed by atoms with Crippen molar-refractivity contribution in [3.63, 3.8) is 0 Å². The molecule has 0 saturated carbocycles. The molecule has 29 heavy (non-hydrogen) atoms. The Morgan fingerprint density at radius 1 is 0.966 bits per heavy atom. The van der Waals surface area contributed by atoms with Crippen LogP contribution >= 0.6 is 0 Å². The number of methoxy groups -OCH3 is 2. The number of ether oxygens (including phenoxy) is 2. The zero-order valence-corrected chi connectivity index (χ0v) is 17.1. The van der Waals surface area contributed by atoms with E-state index in [4.69, 9.17) is 9.47 Å². The van der Waals surface area contributed by atoms with Crippen molar-refractivity contribution in [1.82, 2.24) is 9.21 Å². The van der Waals surface area contributed by atoms with E-state index >= 15 is 0 Å².